The number of piperidine rings is 1. The number of hydrogen-bond acceptors (Lipinski definition) is 2. The summed E-state index contributed by atoms with van der Waals surface area (Å²) in [6, 6.07) is 8.94. The topological polar surface area (TPSA) is 15.3 Å². The first-order valence-electron chi connectivity index (χ1n) is 7.27. The monoisotopic (exact) mass is 280 g/mol. The van der Waals surface area contributed by atoms with Gasteiger partial charge in [0.1, 0.15) is 0 Å². The first-order valence-corrected chi connectivity index (χ1v) is 7.64. The van der Waals surface area contributed by atoms with E-state index in [0.717, 1.165) is 10.9 Å². The standard InChI is InChI=1S/C16H25ClN2/c1-12(14-7-6-10-19(3)11-14)18-13(2)15-8-4-5-9-16(15)17/h4-5,8-9,12-14,18H,6-7,10-11H2,1-3H3. The van der Waals surface area contributed by atoms with Crippen LogP contribution < -0.4 is 5.32 Å². The van der Waals surface area contributed by atoms with E-state index in [9.17, 15) is 0 Å². The molecule has 19 heavy (non-hydrogen) atoms. The number of hydrogen-bond donors (Lipinski definition) is 1. The molecule has 0 aromatic heterocycles. The number of nitrogens with one attached hydrogen (secondary N) is 1. The quantitative estimate of drug-likeness (QED) is 0.904. The van der Waals surface area contributed by atoms with Crippen LogP contribution in [0.15, 0.2) is 24.3 Å². The summed E-state index contributed by atoms with van der Waals surface area (Å²) in [5, 5.41) is 4.57. The Bertz CT molecular complexity index is 407. The lowest BCUT2D eigenvalue weighted by molar-refractivity contribution is 0.174. The van der Waals surface area contributed by atoms with Gasteiger partial charge in [-0.15, -0.1) is 0 Å². The molecule has 1 N–H and O–H groups in total. The van der Waals surface area contributed by atoms with Gasteiger partial charge in [0.2, 0.25) is 0 Å². The predicted molar refractivity (Wildman–Crippen MR) is 82.7 cm³/mol. The molecular formula is C16H25ClN2. The van der Waals surface area contributed by atoms with Crippen LogP contribution in [0.2, 0.25) is 5.02 Å². The zero-order chi connectivity index (χ0) is 13.8. The molecule has 0 amide bonds. The molecule has 0 saturated carbocycles. The highest BCUT2D eigenvalue weighted by molar-refractivity contribution is 6.31. The van der Waals surface area contributed by atoms with Gasteiger partial charge in [-0.2, -0.15) is 0 Å². The summed E-state index contributed by atoms with van der Waals surface area (Å²) in [6.07, 6.45) is 2.64. The van der Waals surface area contributed by atoms with Gasteiger partial charge < -0.3 is 10.2 Å². The molecule has 1 heterocycles. The minimum Gasteiger partial charge on any atom is -0.307 e. The van der Waals surface area contributed by atoms with Crippen molar-refractivity contribution in [2.24, 2.45) is 5.92 Å². The highest BCUT2D eigenvalue weighted by atomic mass is 35.5. The van der Waals surface area contributed by atoms with Gasteiger partial charge in [-0.1, -0.05) is 29.8 Å². The molecule has 1 fully saturated rings. The second-order valence-electron chi connectivity index (χ2n) is 5.86. The third-order valence-corrected chi connectivity index (χ3v) is 4.60. The summed E-state index contributed by atoms with van der Waals surface area (Å²) in [6.45, 7) is 6.94. The third kappa shape index (κ3) is 3.95. The SMILES string of the molecule is CC(NC(C)C1CCCN(C)C1)c1ccccc1Cl. The number of likely N-dealkylation sites (tertiary alicyclic amines) is 1. The van der Waals surface area contributed by atoms with Crippen LogP contribution >= 0.6 is 11.6 Å². The Kier molecular flexibility index (Phi) is 5.26. The Morgan fingerprint density at radius 2 is 2.05 bits per heavy atom. The van der Waals surface area contributed by atoms with Crippen molar-refractivity contribution in [1.29, 1.82) is 0 Å². The molecule has 106 valence electrons. The zero-order valence-electron chi connectivity index (χ0n) is 12.2. The molecule has 0 aliphatic carbocycles. The first-order chi connectivity index (χ1) is 9.08. The van der Waals surface area contributed by atoms with Crippen molar-refractivity contribution in [2.45, 2.75) is 38.8 Å². The molecule has 1 saturated heterocycles. The van der Waals surface area contributed by atoms with Crippen LogP contribution in [0.1, 0.15) is 38.3 Å². The van der Waals surface area contributed by atoms with E-state index in [0.29, 0.717) is 12.1 Å². The van der Waals surface area contributed by atoms with Crippen LogP contribution in [-0.2, 0) is 0 Å². The average Bonchev–Trinajstić information content (AvgIpc) is 2.39. The molecule has 3 heteroatoms. The number of rotatable bonds is 4. The van der Waals surface area contributed by atoms with Gasteiger partial charge >= 0.3 is 0 Å². The fourth-order valence-electron chi connectivity index (χ4n) is 3.06. The number of halogens is 1. The van der Waals surface area contributed by atoms with Gasteiger partial charge in [-0.3, -0.25) is 0 Å². The van der Waals surface area contributed by atoms with E-state index in [1.807, 2.05) is 12.1 Å². The van der Waals surface area contributed by atoms with Crippen molar-refractivity contribution in [1.82, 2.24) is 10.2 Å². The van der Waals surface area contributed by atoms with Crippen LogP contribution in [0.4, 0.5) is 0 Å². The van der Waals surface area contributed by atoms with Gasteiger partial charge in [0.15, 0.2) is 0 Å². The molecule has 3 unspecified atom stereocenters. The molecule has 0 spiro atoms. The molecule has 1 aliphatic heterocycles. The van der Waals surface area contributed by atoms with Crippen molar-refractivity contribution in [3.8, 4) is 0 Å². The van der Waals surface area contributed by atoms with E-state index in [4.69, 9.17) is 11.6 Å². The smallest absolute Gasteiger partial charge is 0.0453 e. The van der Waals surface area contributed by atoms with E-state index >= 15 is 0 Å². The lowest BCUT2D eigenvalue weighted by Crippen LogP contribution is -2.43. The summed E-state index contributed by atoms with van der Waals surface area (Å²) in [5.74, 6) is 0.740. The summed E-state index contributed by atoms with van der Waals surface area (Å²) in [4.78, 5) is 2.44. The van der Waals surface area contributed by atoms with Crippen LogP contribution in [0.3, 0.4) is 0 Å². The average molecular weight is 281 g/mol. The van der Waals surface area contributed by atoms with Gasteiger partial charge in [0, 0.05) is 23.7 Å². The maximum absolute atomic E-state index is 6.26. The Labute approximate surface area is 122 Å². The van der Waals surface area contributed by atoms with Crippen molar-refractivity contribution in [3.05, 3.63) is 34.9 Å². The van der Waals surface area contributed by atoms with E-state index in [-0.39, 0.29) is 0 Å². The first kappa shape index (κ1) is 14.8. The van der Waals surface area contributed by atoms with Crippen molar-refractivity contribution in [3.63, 3.8) is 0 Å². The van der Waals surface area contributed by atoms with Crippen molar-refractivity contribution in [2.75, 3.05) is 20.1 Å². The van der Waals surface area contributed by atoms with Crippen LogP contribution in [0, 0.1) is 5.92 Å². The summed E-state index contributed by atoms with van der Waals surface area (Å²) in [5.41, 5.74) is 1.19. The minimum absolute atomic E-state index is 0.302. The van der Waals surface area contributed by atoms with Gasteiger partial charge in [-0.25, -0.2) is 0 Å². The molecule has 2 rings (SSSR count). The molecule has 1 aliphatic rings. The maximum Gasteiger partial charge on any atom is 0.0453 e. The van der Waals surface area contributed by atoms with E-state index in [1.54, 1.807) is 0 Å². The van der Waals surface area contributed by atoms with E-state index in [1.165, 1.54) is 31.5 Å². The van der Waals surface area contributed by atoms with Crippen LogP contribution in [0.25, 0.3) is 0 Å². The Morgan fingerprint density at radius 3 is 2.74 bits per heavy atom. The molecule has 2 nitrogen and oxygen atoms in total. The Hall–Kier alpha value is -0.570. The lowest BCUT2D eigenvalue weighted by Gasteiger charge is -2.35. The highest BCUT2D eigenvalue weighted by Gasteiger charge is 2.24. The maximum atomic E-state index is 6.26. The van der Waals surface area contributed by atoms with Crippen LogP contribution in [-0.4, -0.2) is 31.1 Å². The minimum atomic E-state index is 0.302. The molecule has 0 bridgehead atoms. The molecular weight excluding hydrogens is 256 g/mol. The fraction of sp³-hybridized carbons (Fsp3) is 0.625. The molecule has 3 atom stereocenters. The zero-order valence-corrected chi connectivity index (χ0v) is 13.0. The normalized spacial score (nSPS) is 24.1. The second kappa shape index (κ2) is 6.74. The highest BCUT2D eigenvalue weighted by Crippen LogP contribution is 2.25. The molecule has 1 aromatic carbocycles. The van der Waals surface area contributed by atoms with Gasteiger partial charge in [-0.05, 0) is 57.8 Å². The van der Waals surface area contributed by atoms with E-state index in [2.05, 4.69) is 43.2 Å². The second-order valence-corrected chi connectivity index (χ2v) is 6.27. The predicted octanol–water partition coefficient (Wildman–Crippen LogP) is 3.72. The van der Waals surface area contributed by atoms with Gasteiger partial charge in [0.25, 0.3) is 0 Å². The summed E-state index contributed by atoms with van der Waals surface area (Å²) in [7, 11) is 2.22. The van der Waals surface area contributed by atoms with E-state index < -0.39 is 0 Å². The van der Waals surface area contributed by atoms with Crippen molar-refractivity contribution >= 4 is 11.6 Å². The Morgan fingerprint density at radius 1 is 1.32 bits per heavy atom. The third-order valence-electron chi connectivity index (χ3n) is 4.25. The Balaban J connectivity index is 1.95. The fourth-order valence-corrected chi connectivity index (χ4v) is 3.36. The summed E-state index contributed by atoms with van der Waals surface area (Å²) >= 11 is 6.26. The lowest BCUT2D eigenvalue weighted by atomic mass is 9.91. The van der Waals surface area contributed by atoms with Crippen LogP contribution in [0.5, 0.6) is 0 Å². The largest absolute Gasteiger partial charge is 0.307 e. The van der Waals surface area contributed by atoms with Gasteiger partial charge in [0.05, 0.1) is 0 Å². The number of benzene rings is 1. The molecule has 0 radical (unpaired) electrons. The summed E-state index contributed by atoms with van der Waals surface area (Å²) < 4.78 is 0. The number of nitrogens with zero attached hydrogens (tertiary/aromatic N) is 1. The molecule has 1 aromatic rings. The van der Waals surface area contributed by atoms with Crippen molar-refractivity contribution < 1.29 is 0 Å².